The molecule has 0 aliphatic carbocycles. The summed E-state index contributed by atoms with van der Waals surface area (Å²) in [4.78, 5) is -0.102. The van der Waals surface area contributed by atoms with Crippen molar-refractivity contribution in [2.24, 2.45) is 0 Å². The van der Waals surface area contributed by atoms with E-state index in [1.54, 1.807) is 38.3 Å². The van der Waals surface area contributed by atoms with Gasteiger partial charge in [-0.15, -0.1) is 0 Å². The summed E-state index contributed by atoms with van der Waals surface area (Å²) in [5, 5.41) is -0.0235. The fourth-order valence-corrected chi connectivity index (χ4v) is 4.21. The molecule has 0 heterocycles. The van der Waals surface area contributed by atoms with Gasteiger partial charge in [-0.25, -0.2) is 13.1 Å². The minimum atomic E-state index is -3.85. The Balaban J connectivity index is 2.29. The van der Waals surface area contributed by atoms with E-state index in [1.807, 2.05) is 0 Å². The molecule has 24 heavy (non-hydrogen) atoms. The van der Waals surface area contributed by atoms with Crippen molar-refractivity contribution in [2.45, 2.75) is 17.9 Å². The molecule has 130 valence electrons. The van der Waals surface area contributed by atoms with Crippen LogP contribution >= 0.6 is 23.2 Å². The zero-order valence-corrected chi connectivity index (χ0v) is 15.7. The van der Waals surface area contributed by atoms with Crippen LogP contribution in [0.3, 0.4) is 0 Å². The number of methoxy groups -OCH3 is 2. The SMILES string of the molecule is COc1ccc([C@@H](C)NS(=O)(=O)c2ccc(OC)c(Cl)c2Cl)cc1. The molecule has 2 aromatic carbocycles. The average molecular weight is 390 g/mol. The molecule has 0 aromatic heterocycles. The molecule has 0 amide bonds. The third-order valence-corrected chi connectivity index (χ3v) is 6.03. The minimum Gasteiger partial charge on any atom is -0.497 e. The van der Waals surface area contributed by atoms with Crippen molar-refractivity contribution in [3.05, 3.63) is 52.0 Å². The third-order valence-electron chi connectivity index (χ3n) is 3.47. The van der Waals surface area contributed by atoms with Gasteiger partial charge in [0.15, 0.2) is 0 Å². The van der Waals surface area contributed by atoms with Gasteiger partial charge < -0.3 is 9.47 Å². The summed E-state index contributed by atoms with van der Waals surface area (Å²) < 4.78 is 37.9. The molecule has 0 saturated heterocycles. The summed E-state index contributed by atoms with van der Waals surface area (Å²) in [5.41, 5.74) is 0.787. The Hall–Kier alpha value is -1.47. The first-order valence-corrected chi connectivity index (χ1v) is 9.22. The Morgan fingerprint density at radius 1 is 0.958 bits per heavy atom. The molecule has 1 N–H and O–H groups in total. The second kappa shape index (κ2) is 7.61. The van der Waals surface area contributed by atoms with Gasteiger partial charge in [-0.1, -0.05) is 35.3 Å². The number of benzene rings is 2. The average Bonchev–Trinajstić information content (AvgIpc) is 2.56. The minimum absolute atomic E-state index is 0.0548. The molecule has 0 bridgehead atoms. The maximum absolute atomic E-state index is 12.6. The summed E-state index contributed by atoms with van der Waals surface area (Å²) in [6, 6.07) is 9.45. The van der Waals surface area contributed by atoms with Crippen LogP contribution in [0.1, 0.15) is 18.5 Å². The number of hydrogen-bond acceptors (Lipinski definition) is 4. The van der Waals surface area contributed by atoms with Gasteiger partial charge in [0.05, 0.1) is 19.2 Å². The van der Waals surface area contributed by atoms with Gasteiger partial charge in [-0.05, 0) is 36.8 Å². The molecule has 2 rings (SSSR count). The number of sulfonamides is 1. The van der Waals surface area contributed by atoms with E-state index < -0.39 is 16.1 Å². The maximum atomic E-state index is 12.6. The lowest BCUT2D eigenvalue weighted by atomic mass is 10.1. The van der Waals surface area contributed by atoms with Crippen molar-refractivity contribution in [1.29, 1.82) is 0 Å². The lowest BCUT2D eigenvalue weighted by Crippen LogP contribution is -2.27. The molecule has 0 unspecified atom stereocenters. The number of rotatable bonds is 6. The van der Waals surface area contributed by atoms with Gasteiger partial charge in [-0.2, -0.15) is 0 Å². The van der Waals surface area contributed by atoms with Crippen LogP contribution in [0.15, 0.2) is 41.3 Å². The fourth-order valence-electron chi connectivity index (χ4n) is 2.14. The van der Waals surface area contributed by atoms with Crippen molar-refractivity contribution in [2.75, 3.05) is 14.2 Å². The zero-order valence-electron chi connectivity index (χ0n) is 13.3. The molecule has 2 aromatic rings. The van der Waals surface area contributed by atoms with E-state index in [0.717, 1.165) is 5.56 Å². The predicted molar refractivity (Wildman–Crippen MR) is 94.7 cm³/mol. The standard InChI is InChI=1S/C16H17Cl2NO4S/c1-10(11-4-6-12(22-2)7-5-11)19-24(20,21)14-9-8-13(23-3)15(17)16(14)18/h4-10,19H,1-3H3/t10-/m1/s1. The third kappa shape index (κ3) is 3.95. The molecule has 0 fully saturated rings. The smallest absolute Gasteiger partial charge is 0.242 e. The van der Waals surface area contributed by atoms with Gasteiger partial charge in [0.25, 0.3) is 0 Å². The molecule has 0 spiro atoms. The molecule has 1 atom stereocenters. The first kappa shape index (κ1) is 18.9. The van der Waals surface area contributed by atoms with Crippen molar-refractivity contribution in [3.63, 3.8) is 0 Å². The van der Waals surface area contributed by atoms with Gasteiger partial charge >= 0.3 is 0 Å². The van der Waals surface area contributed by atoms with Crippen LogP contribution in [-0.4, -0.2) is 22.6 Å². The summed E-state index contributed by atoms with van der Waals surface area (Å²) >= 11 is 12.1. The van der Waals surface area contributed by atoms with E-state index in [4.69, 9.17) is 32.7 Å². The van der Waals surface area contributed by atoms with Gasteiger partial charge in [0.2, 0.25) is 10.0 Å². The highest BCUT2D eigenvalue weighted by Crippen LogP contribution is 2.36. The largest absolute Gasteiger partial charge is 0.497 e. The van der Waals surface area contributed by atoms with Crippen LogP contribution in [0.4, 0.5) is 0 Å². The van der Waals surface area contributed by atoms with Crippen LogP contribution in [0.25, 0.3) is 0 Å². The monoisotopic (exact) mass is 389 g/mol. The normalized spacial score (nSPS) is 12.7. The second-order valence-electron chi connectivity index (χ2n) is 5.01. The molecule has 0 radical (unpaired) electrons. The van der Waals surface area contributed by atoms with Crippen molar-refractivity contribution < 1.29 is 17.9 Å². The number of hydrogen-bond donors (Lipinski definition) is 1. The summed E-state index contributed by atoms with van der Waals surface area (Å²) in [6.07, 6.45) is 0. The van der Waals surface area contributed by atoms with Crippen LogP contribution < -0.4 is 14.2 Å². The van der Waals surface area contributed by atoms with Crippen LogP contribution in [0, 0.1) is 0 Å². The molecule has 0 saturated carbocycles. The molecule has 8 heteroatoms. The fraction of sp³-hybridized carbons (Fsp3) is 0.250. The van der Waals surface area contributed by atoms with Gasteiger partial charge in [0.1, 0.15) is 21.4 Å². The lowest BCUT2D eigenvalue weighted by molar-refractivity contribution is 0.414. The van der Waals surface area contributed by atoms with Crippen LogP contribution in [0.2, 0.25) is 10.0 Å². The first-order chi connectivity index (χ1) is 11.3. The Labute approximate surface area is 151 Å². The van der Waals surface area contributed by atoms with Crippen molar-refractivity contribution in [3.8, 4) is 11.5 Å². The van der Waals surface area contributed by atoms with E-state index in [2.05, 4.69) is 4.72 Å². The van der Waals surface area contributed by atoms with Gasteiger partial charge in [-0.3, -0.25) is 0 Å². The highest BCUT2D eigenvalue weighted by molar-refractivity contribution is 7.89. The zero-order chi connectivity index (χ0) is 17.9. The van der Waals surface area contributed by atoms with Crippen LogP contribution in [0.5, 0.6) is 11.5 Å². The van der Waals surface area contributed by atoms with Crippen molar-refractivity contribution >= 4 is 33.2 Å². The Bertz CT molecular complexity index is 823. The Morgan fingerprint density at radius 3 is 2.12 bits per heavy atom. The van der Waals surface area contributed by atoms with Crippen LogP contribution in [-0.2, 0) is 10.0 Å². The molecular formula is C16H17Cl2NO4S. The Kier molecular flexibility index (Phi) is 5.98. The lowest BCUT2D eigenvalue weighted by Gasteiger charge is -2.16. The molecule has 5 nitrogen and oxygen atoms in total. The molecule has 0 aliphatic heterocycles. The highest BCUT2D eigenvalue weighted by Gasteiger charge is 2.24. The Morgan fingerprint density at radius 2 is 1.58 bits per heavy atom. The van der Waals surface area contributed by atoms with E-state index in [1.165, 1.54) is 19.2 Å². The van der Waals surface area contributed by atoms with Gasteiger partial charge in [0, 0.05) is 6.04 Å². The van der Waals surface area contributed by atoms with Crippen molar-refractivity contribution in [1.82, 2.24) is 4.72 Å². The van der Waals surface area contributed by atoms with E-state index >= 15 is 0 Å². The molecule has 0 aliphatic rings. The number of halogens is 2. The maximum Gasteiger partial charge on any atom is 0.242 e. The first-order valence-electron chi connectivity index (χ1n) is 6.98. The van der Waals surface area contributed by atoms with E-state index in [0.29, 0.717) is 11.5 Å². The highest BCUT2D eigenvalue weighted by atomic mass is 35.5. The number of nitrogens with one attached hydrogen (secondary N) is 1. The molecular weight excluding hydrogens is 373 g/mol. The van der Waals surface area contributed by atoms with E-state index in [-0.39, 0.29) is 14.9 Å². The van der Waals surface area contributed by atoms with E-state index in [9.17, 15) is 8.42 Å². The summed E-state index contributed by atoms with van der Waals surface area (Å²) in [5.74, 6) is 1.00. The second-order valence-corrected chi connectivity index (χ2v) is 7.45. The summed E-state index contributed by atoms with van der Waals surface area (Å²) in [7, 11) is -0.862. The topological polar surface area (TPSA) is 64.6 Å². The number of ether oxygens (including phenoxy) is 2. The summed E-state index contributed by atoms with van der Waals surface area (Å²) in [6.45, 7) is 1.73. The predicted octanol–water partition coefficient (Wildman–Crippen LogP) is 4.05. The quantitative estimate of drug-likeness (QED) is 0.808.